The molecule has 1 heterocycles. The molecule has 0 fully saturated rings. The number of carbonyl (C=O) groups is 3. The van der Waals surface area contributed by atoms with Crippen molar-refractivity contribution in [2.45, 2.75) is 25.9 Å². The van der Waals surface area contributed by atoms with Gasteiger partial charge in [0.2, 0.25) is 5.91 Å². The van der Waals surface area contributed by atoms with Gasteiger partial charge in [-0.2, -0.15) is 0 Å². The highest BCUT2D eigenvalue weighted by molar-refractivity contribution is 7.09. The number of aromatic nitrogens is 1. The number of methoxy groups -OCH3 is 1. The van der Waals surface area contributed by atoms with Gasteiger partial charge in [0.05, 0.1) is 31.3 Å². The smallest absolute Gasteiger partial charge is 0.306 e. The highest BCUT2D eigenvalue weighted by atomic mass is 32.1. The fraction of sp³-hybridized carbons (Fsp3) is 0.217. The van der Waals surface area contributed by atoms with Crippen LogP contribution in [0.15, 0.2) is 60.0 Å². The molecule has 0 atom stereocenters. The van der Waals surface area contributed by atoms with E-state index in [1.807, 2.05) is 12.1 Å². The third-order valence-electron chi connectivity index (χ3n) is 4.33. The standard InChI is InChI=1S/C23H22N2O5S/c1-29-20-10-6-5-9-18(20)25-21(27)13-22-24-17(15-31-22)14-30-23(28)12-11-19(26)16-7-3-2-4-8-16/h2-10,15H,11-14H2,1H3,(H,25,27). The molecule has 0 aliphatic rings. The highest BCUT2D eigenvalue weighted by Crippen LogP contribution is 2.23. The van der Waals surface area contributed by atoms with E-state index in [9.17, 15) is 14.4 Å². The Bertz CT molecular complexity index is 1050. The van der Waals surface area contributed by atoms with Crippen LogP contribution < -0.4 is 10.1 Å². The number of carbonyl (C=O) groups excluding carboxylic acids is 3. The van der Waals surface area contributed by atoms with E-state index < -0.39 is 5.97 Å². The minimum Gasteiger partial charge on any atom is -0.495 e. The van der Waals surface area contributed by atoms with Crippen LogP contribution in [0, 0.1) is 0 Å². The van der Waals surface area contributed by atoms with Crippen LogP contribution in [0.2, 0.25) is 0 Å². The molecule has 3 aromatic rings. The van der Waals surface area contributed by atoms with Gasteiger partial charge in [0, 0.05) is 17.4 Å². The number of benzene rings is 2. The monoisotopic (exact) mass is 438 g/mol. The fourth-order valence-corrected chi connectivity index (χ4v) is 3.56. The average Bonchev–Trinajstić information content (AvgIpc) is 3.24. The van der Waals surface area contributed by atoms with Crippen LogP contribution in [-0.4, -0.2) is 29.8 Å². The number of hydrogen-bond acceptors (Lipinski definition) is 7. The Hall–Kier alpha value is -3.52. The number of ketones is 1. The molecule has 0 aliphatic carbocycles. The Morgan fingerprint density at radius 1 is 1.00 bits per heavy atom. The predicted molar refractivity (Wildman–Crippen MR) is 117 cm³/mol. The van der Waals surface area contributed by atoms with E-state index in [0.717, 1.165) is 0 Å². The highest BCUT2D eigenvalue weighted by Gasteiger charge is 2.13. The first-order valence-electron chi connectivity index (χ1n) is 9.65. The number of anilines is 1. The molecule has 0 spiro atoms. The fourth-order valence-electron chi connectivity index (χ4n) is 2.79. The molecule has 7 nitrogen and oxygen atoms in total. The summed E-state index contributed by atoms with van der Waals surface area (Å²) in [6, 6.07) is 16.0. The first-order valence-corrected chi connectivity index (χ1v) is 10.5. The van der Waals surface area contributed by atoms with E-state index in [-0.39, 0.29) is 37.6 Å². The summed E-state index contributed by atoms with van der Waals surface area (Å²) >= 11 is 1.32. The van der Waals surface area contributed by atoms with Crippen molar-refractivity contribution in [2.75, 3.05) is 12.4 Å². The Kier molecular flexibility index (Phi) is 7.89. The van der Waals surface area contributed by atoms with Crippen LogP contribution in [0.1, 0.15) is 33.9 Å². The molecule has 2 aromatic carbocycles. The summed E-state index contributed by atoms with van der Waals surface area (Å²) in [4.78, 5) is 40.6. The number of nitrogens with one attached hydrogen (secondary N) is 1. The lowest BCUT2D eigenvalue weighted by Gasteiger charge is -2.08. The van der Waals surface area contributed by atoms with Crippen molar-refractivity contribution in [1.29, 1.82) is 0 Å². The van der Waals surface area contributed by atoms with E-state index in [1.165, 1.54) is 18.4 Å². The van der Waals surface area contributed by atoms with Gasteiger partial charge in [0.1, 0.15) is 17.4 Å². The molecule has 0 bridgehead atoms. The molecule has 0 saturated heterocycles. The van der Waals surface area contributed by atoms with Gasteiger partial charge >= 0.3 is 5.97 Å². The summed E-state index contributed by atoms with van der Waals surface area (Å²) in [5.41, 5.74) is 1.73. The zero-order chi connectivity index (χ0) is 22.1. The third kappa shape index (κ3) is 6.75. The second-order valence-corrected chi connectivity index (χ2v) is 7.55. The molecule has 1 N–H and O–H groups in total. The van der Waals surface area contributed by atoms with Gasteiger partial charge in [0.25, 0.3) is 0 Å². The minimum absolute atomic E-state index is 0.00296. The number of ether oxygens (including phenoxy) is 2. The van der Waals surface area contributed by atoms with Gasteiger partial charge < -0.3 is 14.8 Å². The van der Waals surface area contributed by atoms with Crippen LogP contribution in [0.5, 0.6) is 5.75 Å². The van der Waals surface area contributed by atoms with Crippen molar-refractivity contribution in [1.82, 2.24) is 4.98 Å². The van der Waals surface area contributed by atoms with Crippen LogP contribution in [0.25, 0.3) is 0 Å². The minimum atomic E-state index is -0.465. The van der Waals surface area contributed by atoms with E-state index in [1.54, 1.807) is 47.8 Å². The van der Waals surface area contributed by atoms with Gasteiger partial charge in [-0.3, -0.25) is 14.4 Å². The predicted octanol–water partition coefficient (Wildman–Crippen LogP) is 4.04. The Balaban J connectivity index is 1.42. The van der Waals surface area contributed by atoms with Crippen molar-refractivity contribution in [3.8, 4) is 5.75 Å². The normalized spacial score (nSPS) is 10.4. The Morgan fingerprint density at radius 3 is 2.52 bits per heavy atom. The van der Waals surface area contributed by atoms with Gasteiger partial charge in [-0.1, -0.05) is 42.5 Å². The maximum atomic E-state index is 12.3. The van der Waals surface area contributed by atoms with E-state index in [4.69, 9.17) is 9.47 Å². The number of hydrogen-bond donors (Lipinski definition) is 1. The van der Waals surface area contributed by atoms with Crippen molar-refractivity contribution in [2.24, 2.45) is 0 Å². The zero-order valence-electron chi connectivity index (χ0n) is 17.0. The van der Waals surface area contributed by atoms with Gasteiger partial charge in [-0.05, 0) is 12.1 Å². The maximum Gasteiger partial charge on any atom is 0.306 e. The third-order valence-corrected chi connectivity index (χ3v) is 5.22. The van der Waals surface area contributed by atoms with E-state index in [2.05, 4.69) is 10.3 Å². The summed E-state index contributed by atoms with van der Waals surface area (Å²) in [7, 11) is 1.54. The summed E-state index contributed by atoms with van der Waals surface area (Å²) < 4.78 is 10.4. The van der Waals surface area contributed by atoms with Crippen molar-refractivity contribution < 1.29 is 23.9 Å². The largest absolute Gasteiger partial charge is 0.495 e. The number of esters is 1. The number of amides is 1. The molecule has 0 radical (unpaired) electrons. The summed E-state index contributed by atoms with van der Waals surface area (Å²) in [5, 5.41) is 5.15. The zero-order valence-corrected chi connectivity index (χ0v) is 17.8. The lowest BCUT2D eigenvalue weighted by atomic mass is 10.1. The molecule has 1 amide bonds. The van der Waals surface area contributed by atoms with Crippen molar-refractivity contribution in [3.05, 3.63) is 76.2 Å². The molecule has 160 valence electrons. The Labute approximate surface area is 184 Å². The molecule has 0 unspecified atom stereocenters. The summed E-state index contributed by atoms with van der Waals surface area (Å²) in [6.45, 7) is 0.00296. The number of Topliss-reactive ketones (excluding diaryl/α,β-unsaturated/α-hetero) is 1. The molecule has 1 aromatic heterocycles. The molecule has 31 heavy (non-hydrogen) atoms. The van der Waals surface area contributed by atoms with E-state index in [0.29, 0.717) is 27.7 Å². The van der Waals surface area contributed by atoms with Gasteiger partial charge in [0.15, 0.2) is 5.78 Å². The summed E-state index contributed by atoms with van der Waals surface area (Å²) in [6.07, 6.45) is 0.197. The van der Waals surface area contributed by atoms with Crippen molar-refractivity contribution >= 4 is 34.7 Å². The first-order chi connectivity index (χ1) is 15.0. The van der Waals surface area contributed by atoms with Gasteiger partial charge in [-0.25, -0.2) is 4.98 Å². The number of rotatable bonds is 10. The second-order valence-electron chi connectivity index (χ2n) is 6.61. The van der Waals surface area contributed by atoms with E-state index >= 15 is 0 Å². The second kappa shape index (κ2) is 11.0. The van der Waals surface area contributed by atoms with Crippen LogP contribution >= 0.6 is 11.3 Å². The first kappa shape index (κ1) is 22.2. The lowest BCUT2D eigenvalue weighted by Crippen LogP contribution is -2.15. The van der Waals surface area contributed by atoms with Crippen molar-refractivity contribution in [3.63, 3.8) is 0 Å². The summed E-state index contributed by atoms with van der Waals surface area (Å²) in [5.74, 6) is -0.211. The molecule has 0 saturated carbocycles. The number of nitrogens with zero attached hydrogens (tertiary/aromatic N) is 1. The molecular weight excluding hydrogens is 416 g/mol. The maximum absolute atomic E-state index is 12.3. The molecule has 0 aliphatic heterocycles. The average molecular weight is 439 g/mol. The van der Waals surface area contributed by atoms with Crippen LogP contribution in [0.3, 0.4) is 0 Å². The van der Waals surface area contributed by atoms with Crippen LogP contribution in [-0.2, 0) is 27.4 Å². The van der Waals surface area contributed by atoms with Crippen LogP contribution in [0.4, 0.5) is 5.69 Å². The van der Waals surface area contributed by atoms with Gasteiger partial charge in [-0.15, -0.1) is 11.3 Å². The SMILES string of the molecule is COc1ccccc1NC(=O)Cc1nc(COC(=O)CCC(=O)c2ccccc2)cs1. The number of para-hydroxylation sites is 2. The molecule has 3 rings (SSSR count). The molecular formula is C23H22N2O5S. The quantitative estimate of drug-likeness (QED) is 0.379. The molecule has 8 heteroatoms. The number of thiazole rings is 1. The Morgan fingerprint density at radius 2 is 1.74 bits per heavy atom. The lowest BCUT2D eigenvalue weighted by molar-refractivity contribution is -0.145. The topological polar surface area (TPSA) is 94.6 Å².